The second-order valence-corrected chi connectivity index (χ2v) is 5.47. The van der Waals surface area contributed by atoms with Gasteiger partial charge in [0, 0.05) is 24.4 Å². The Bertz CT molecular complexity index is 367. The Kier molecular flexibility index (Phi) is 3.16. The lowest BCUT2D eigenvalue weighted by Crippen LogP contribution is -2.31. The van der Waals surface area contributed by atoms with Crippen molar-refractivity contribution in [3.05, 3.63) is 17.7 Å². The first-order valence-corrected chi connectivity index (χ1v) is 6.79. The number of rotatable bonds is 2. The van der Waals surface area contributed by atoms with E-state index in [0.29, 0.717) is 12.0 Å². The smallest absolute Gasteiger partial charge is 0.123 e. The minimum Gasteiger partial charge on any atom is -0.344 e. The second-order valence-electron chi connectivity index (χ2n) is 5.47. The lowest BCUT2D eigenvalue weighted by atomic mass is 9.96. The molecule has 2 atom stereocenters. The van der Waals surface area contributed by atoms with Gasteiger partial charge in [-0.2, -0.15) is 0 Å². The van der Waals surface area contributed by atoms with E-state index in [1.165, 1.54) is 44.5 Å². The average molecular weight is 234 g/mol. The topological polar surface area (TPSA) is 44.0 Å². The number of hydrogen-bond donors (Lipinski definition) is 2. The third-order valence-corrected chi connectivity index (χ3v) is 4.07. The summed E-state index contributed by atoms with van der Waals surface area (Å²) in [7, 11) is 2.21. The van der Waals surface area contributed by atoms with Crippen molar-refractivity contribution in [3.63, 3.8) is 0 Å². The molecule has 4 nitrogen and oxygen atoms in total. The summed E-state index contributed by atoms with van der Waals surface area (Å²) in [5.74, 6) is 1.79. The van der Waals surface area contributed by atoms with E-state index in [1.54, 1.807) is 0 Å². The molecular weight excluding hydrogens is 212 g/mol. The number of likely N-dealkylation sites (tertiary alicyclic amines) is 1. The van der Waals surface area contributed by atoms with Crippen LogP contribution in [0.3, 0.4) is 0 Å². The van der Waals surface area contributed by atoms with Crippen LogP contribution in [0.1, 0.15) is 49.2 Å². The van der Waals surface area contributed by atoms with Crippen LogP contribution in [0.25, 0.3) is 0 Å². The summed E-state index contributed by atoms with van der Waals surface area (Å²) < 4.78 is 0. The Hall–Kier alpha value is -0.870. The van der Waals surface area contributed by atoms with Gasteiger partial charge in [-0.1, -0.05) is 0 Å². The molecule has 0 radical (unpaired) electrons. The highest BCUT2D eigenvalue weighted by Crippen LogP contribution is 2.27. The van der Waals surface area contributed by atoms with Gasteiger partial charge in [0.2, 0.25) is 0 Å². The van der Waals surface area contributed by atoms with Gasteiger partial charge in [-0.05, 0) is 45.8 Å². The van der Waals surface area contributed by atoms with Gasteiger partial charge in [0.1, 0.15) is 5.82 Å². The summed E-state index contributed by atoms with van der Waals surface area (Å²) in [6.45, 7) is 3.54. The molecular formula is C13H22N4. The van der Waals surface area contributed by atoms with Crippen molar-refractivity contribution in [1.82, 2.24) is 20.2 Å². The maximum absolute atomic E-state index is 4.56. The predicted molar refractivity (Wildman–Crippen MR) is 68.0 cm³/mol. The van der Waals surface area contributed by atoms with E-state index in [0.717, 1.165) is 12.4 Å². The van der Waals surface area contributed by atoms with E-state index in [9.17, 15) is 0 Å². The van der Waals surface area contributed by atoms with E-state index >= 15 is 0 Å². The fraction of sp³-hybridized carbons (Fsp3) is 0.769. The fourth-order valence-corrected chi connectivity index (χ4v) is 3.07. The van der Waals surface area contributed by atoms with E-state index < -0.39 is 0 Å². The SMILES string of the molecule is CN1CCCC(c2cnc(C3CCCN3)[nH]2)C1. The van der Waals surface area contributed by atoms with Crippen LogP contribution in [0.4, 0.5) is 0 Å². The van der Waals surface area contributed by atoms with Crippen LogP contribution in [0, 0.1) is 0 Å². The molecule has 0 aromatic carbocycles. The molecule has 2 saturated heterocycles. The van der Waals surface area contributed by atoms with E-state index in [2.05, 4.69) is 33.4 Å². The van der Waals surface area contributed by atoms with Crippen molar-refractivity contribution in [2.75, 3.05) is 26.7 Å². The summed E-state index contributed by atoms with van der Waals surface area (Å²) >= 11 is 0. The lowest BCUT2D eigenvalue weighted by molar-refractivity contribution is 0.248. The van der Waals surface area contributed by atoms with Crippen LogP contribution >= 0.6 is 0 Å². The molecule has 3 rings (SSSR count). The van der Waals surface area contributed by atoms with Gasteiger partial charge in [0.05, 0.1) is 6.04 Å². The van der Waals surface area contributed by atoms with Crippen LogP contribution < -0.4 is 5.32 Å². The zero-order valence-corrected chi connectivity index (χ0v) is 10.6. The summed E-state index contributed by atoms with van der Waals surface area (Å²) in [5, 5.41) is 3.49. The summed E-state index contributed by atoms with van der Waals surface area (Å²) in [4.78, 5) is 10.5. The number of aromatic nitrogens is 2. The average Bonchev–Trinajstić information content (AvgIpc) is 3.00. The summed E-state index contributed by atoms with van der Waals surface area (Å²) in [5.41, 5.74) is 1.33. The molecule has 1 aromatic rings. The standard InChI is InChI=1S/C13H22N4/c1-17-7-3-4-10(9-17)12-8-15-13(16-12)11-5-2-6-14-11/h8,10-11,14H,2-7,9H2,1H3,(H,15,16). The highest BCUT2D eigenvalue weighted by atomic mass is 15.1. The van der Waals surface area contributed by atoms with Gasteiger partial charge in [-0.25, -0.2) is 4.98 Å². The third kappa shape index (κ3) is 2.38. The molecule has 0 aliphatic carbocycles. The molecule has 0 saturated carbocycles. The van der Waals surface area contributed by atoms with Gasteiger partial charge < -0.3 is 15.2 Å². The Labute approximate surface area is 103 Å². The molecule has 4 heteroatoms. The van der Waals surface area contributed by atoms with Crippen LogP contribution in [0.2, 0.25) is 0 Å². The van der Waals surface area contributed by atoms with Crippen molar-refractivity contribution in [1.29, 1.82) is 0 Å². The maximum Gasteiger partial charge on any atom is 0.123 e. The lowest BCUT2D eigenvalue weighted by Gasteiger charge is -2.28. The van der Waals surface area contributed by atoms with Gasteiger partial charge in [-0.3, -0.25) is 0 Å². The predicted octanol–water partition coefficient (Wildman–Crippen LogP) is 1.64. The molecule has 94 valence electrons. The first kappa shape index (κ1) is 11.2. The molecule has 3 heterocycles. The summed E-state index contributed by atoms with van der Waals surface area (Å²) in [6, 6.07) is 0.463. The molecule has 0 amide bonds. The molecule has 2 N–H and O–H groups in total. The molecule has 0 spiro atoms. The van der Waals surface area contributed by atoms with Crippen molar-refractivity contribution in [3.8, 4) is 0 Å². The van der Waals surface area contributed by atoms with Gasteiger partial charge in [-0.15, -0.1) is 0 Å². The molecule has 2 unspecified atom stereocenters. The number of nitrogens with zero attached hydrogens (tertiary/aromatic N) is 2. The minimum absolute atomic E-state index is 0.463. The van der Waals surface area contributed by atoms with Gasteiger partial charge in [0.25, 0.3) is 0 Å². The third-order valence-electron chi connectivity index (χ3n) is 4.07. The molecule has 17 heavy (non-hydrogen) atoms. The quantitative estimate of drug-likeness (QED) is 0.817. The Balaban J connectivity index is 1.70. The summed E-state index contributed by atoms with van der Waals surface area (Å²) in [6.07, 6.45) is 7.14. The number of imidazole rings is 1. The zero-order valence-electron chi connectivity index (χ0n) is 10.6. The Morgan fingerprint density at radius 1 is 1.35 bits per heavy atom. The van der Waals surface area contributed by atoms with Gasteiger partial charge in [0.15, 0.2) is 0 Å². The normalized spacial score (nSPS) is 30.9. The van der Waals surface area contributed by atoms with E-state index in [-0.39, 0.29) is 0 Å². The number of aromatic amines is 1. The largest absolute Gasteiger partial charge is 0.344 e. The van der Waals surface area contributed by atoms with Crippen LogP contribution in [-0.4, -0.2) is 41.5 Å². The number of piperidine rings is 1. The van der Waals surface area contributed by atoms with E-state index in [1.807, 2.05) is 0 Å². The van der Waals surface area contributed by atoms with Crippen molar-refractivity contribution < 1.29 is 0 Å². The molecule has 2 aliphatic rings. The van der Waals surface area contributed by atoms with Crippen LogP contribution in [0.15, 0.2) is 6.20 Å². The van der Waals surface area contributed by atoms with Crippen LogP contribution in [-0.2, 0) is 0 Å². The number of H-pyrrole nitrogens is 1. The molecule has 1 aromatic heterocycles. The maximum atomic E-state index is 4.56. The van der Waals surface area contributed by atoms with Crippen molar-refractivity contribution >= 4 is 0 Å². The van der Waals surface area contributed by atoms with Crippen molar-refractivity contribution in [2.24, 2.45) is 0 Å². The molecule has 0 bridgehead atoms. The second kappa shape index (κ2) is 4.78. The Morgan fingerprint density at radius 2 is 2.29 bits per heavy atom. The minimum atomic E-state index is 0.463. The Morgan fingerprint density at radius 3 is 3.06 bits per heavy atom. The highest BCUT2D eigenvalue weighted by Gasteiger charge is 2.23. The first-order valence-electron chi connectivity index (χ1n) is 6.79. The monoisotopic (exact) mass is 234 g/mol. The zero-order chi connectivity index (χ0) is 11.7. The highest BCUT2D eigenvalue weighted by molar-refractivity contribution is 5.12. The molecule has 2 fully saturated rings. The first-order chi connectivity index (χ1) is 8.33. The number of likely N-dealkylation sites (N-methyl/N-ethyl adjacent to an activating group) is 1. The van der Waals surface area contributed by atoms with Crippen molar-refractivity contribution in [2.45, 2.75) is 37.6 Å². The van der Waals surface area contributed by atoms with Crippen LogP contribution in [0.5, 0.6) is 0 Å². The van der Waals surface area contributed by atoms with Gasteiger partial charge >= 0.3 is 0 Å². The molecule has 2 aliphatic heterocycles. The number of hydrogen-bond acceptors (Lipinski definition) is 3. The van der Waals surface area contributed by atoms with E-state index in [4.69, 9.17) is 0 Å². The fourth-order valence-electron chi connectivity index (χ4n) is 3.07. The number of nitrogens with one attached hydrogen (secondary N) is 2.